The monoisotopic (exact) mass is 190 g/mol. The fourth-order valence-electron chi connectivity index (χ4n) is 0.936. The lowest BCUT2D eigenvalue weighted by molar-refractivity contribution is -0.107. The molecule has 0 N–H and O–H groups in total. The van der Waals surface area contributed by atoms with E-state index in [1.54, 1.807) is 11.8 Å². The van der Waals surface area contributed by atoms with Crippen LogP contribution in [-0.2, 0) is 4.79 Å². The Morgan fingerprint density at radius 1 is 1.46 bits per heavy atom. The molecule has 0 heterocycles. The molecule has 0 saturated carbocycles. The fourth-order valence-corrected chi connectivity index (χ4v) is 1.49. The Hall–Kier alpha value is -1.20. The predicted molar refractivity (Wildman–Crippen MR) is 55.8 cm³/mol. The summed E-state index contributed by atoms with van der Waals surface area (Å²) >= 11 is 1.66. The van der Waals surface area contributed by atoms with Gasteiger partial charge in [-0.2, -0.15) is 0 Å². The van der Waals surface area contributed by atoms with Crippen molar-refractivity contribution >= 4 is 18.0 Å². The lowest BCUT2D eigenvalue weighted by Gasteiger charge is -1.97. The third-order valence-electron chi connectivity index (χ3n) is 1.52. The second-order valence-electron chi connectivity index (χ2n) is 2.37. The minimum Gasteiger partial charge on any atom is -0.302 e. The summed E-state index contributed by atoms with van der Waals surface area (Å²) in [5.41, 5.74) is 0.997. The molecule has 0 spiro atoms. The first-order valence-electron chi connectivity index (χ1n) is 3.94. The fraction of sp³-hybridized carbons (Fsp3) is 0.182. The molecule has 0 atom stereocenters. The average Bonchev–Trinajstić information content (AvgIpc) is 2.19. The molecule has 0 unspecified atom stereocenters. The summed E-state index contributed by atoms with van der Waals surface area (Å²) < 4.78 is 0. The molecular formula is C11H10OS. The van der Waals surface area contributed by atoms with Crippen LogP contribution in [0.1, 0.15) is 12.0 Å². The molecule has 0 fully saturated rings. The molecule has 1 nitrogen and oxygen atoms in total. The van der Waals surface area contributed by atoms with Gasteiger partial charge >= 0.3 is 0 Å². The van der Waals surface area contributed by atoms with Gasteiger partial charge in [-0.15, -0.1) is 11.8 Å². The molecule has 2 heteroatoms. The average molecular weight is 190 g/mol. The Balaban J connectivity index is 2.88. The van der Waals surface area contributed by atoms with E-state index in [0.29, 0.717) is 6.42 Å². The van der Waals surface area contributed by atoms with E-state index >= 15 is 0 Å². The van der Waals surface area contributed by atoms with E-state index in [9.17, 15) is 4.79 Å². The lowest BCUT2D eigenvalue weighted by Crippen LogP contribution is -1.78. The summed E-state index contributed by atoms with van der Waals surface area (Å²) in [7, 11) is 0. The van der Waals surface area contributed by atoms with Crippen molar-refractivity contribution in [1.29, 1.82) is 0 Å². The zero-order valence-electron chi connectivity index (χ0n) is 7.41. The van der Waals surface area contributed by atoms with E-state index in [4.69, 9.17) is 0 Å². The van der Waals surface area contributed by atoms with Crippen LogP contribution in [-0.4, -0.2) is 12.5 Å². The first-order valence-corrected chi connectivity index (χ1v) is 5.16. The zero-order valence-corrected chi connectivity index (χ0v) is 8.23. The van der Waals surface area contributed by atoms with Crippen molar-refractivity contribution < 1.29 is 4.79 Å². The van der Waals surface area contributed by atoms with Gasteiger partial charge in [-0.05, 0) is 18.4 Å². The first kappa shape index (κ1) is 9.88. The number of thioether (sulfide) groups is 1. The van der Waals surface area contributed by atoms with E-state index in [0.717, 1.165) is 16.7 Å². The highest BCUT2D eigenvalue weighted by Crippen LogP contribution is 2.18. The Bertz CT molecular complexity index is 347. The van der Waals surface area contributed by atoms with Crippen LogP contribution in [0.4, 0.5) is 0 Å². The lowest BCUT2D eigenvalue weighted by atomic mass is 10.2. The van der Waals surface area contributed by atoms with Crippen molar-refractivity contribution in [3.05, 3.63) is 29.8 Å². The quantitative estimate of drug-likeness (QED) is 0.404. The molecule has 1 aromatic carbocycles. The number of benzene rings is 1. The number of hydrogen-bond acceptors (Lipinski definition) is 2. The number of hydrogen-bond donors (Lipinski definition) is 0. The minimum atomic E-state index is 0.308. The molecule has 0 bridgehead atoms. The number of carbonyl (C=O) groups excluding carboxylic acids is 1. The van der Waals surface area contributed by atoms with Crippen LogP contribution in [0.5, 0.6) is 0 Å². The molecule has 0 saturated heterocycles. The Kier molecular flexibility index (Phi) is 4.14. The summed E-state index contributed by atoms with van der Waals surface area (Å²) in [4.78, 5) is 11.2. The van der Waals surface area contributed by atoms with Gasteiger partial charge in [0, 0.05) is 10.5 Å². The molecule has 1 rings (SSSR count). The normalized spacial score (nSPS) is 8.69. The van der Waals surface area contributed by atoms with Crippen LogP contribution in [0.3, 0.4) is 0 Å². The summed E-state index contributed by atoms with van der Waals surface area (Å²) in [6.45, 7) is 0. The topological polar surface area (TPSA) is 17.1 Å². The second-order valence-corrected chi connectivity index (χ2v) is 3.22. The summed E-state index contributed by atoms with van der Waals surface area (Å²) in [6, 6.07) is 7.92. The first-order chi connectivity index (χ1) is 6.38. The van der Waals surface area contributed by atoms with Gasteiger partial charge in [0.15, 0.2) is 0 Å². The maximum Gasteiger partial charge on any atom is 0.131 e. The van der Waals surface area contributed by atoms with Gasteiger partial charge in [-0.3, -0.25) is 0 Å². The van der Waals surface area contributed by atoms with Crippen LogP contribution >= 0.6 is 11.8 Å². The van der Waals surface area contributed by atoms with Gasteiger partial charge in [0.25, 0.3) is 0 Å². The zero-order chi connectivity index (χ0) is 9.52. The molecular weight excluding hydrogens is 180 g/mol. The highest BCUT2D eigenvalue weighted by Gasteiger charge is 1.94. The molecule has 0 aliphatic carbocycles. The Morgan fingerprint density at radius 2 is 2.23 bits per heavy atom. The maximum atomic E-state index is 10.0. The van der Waals surface area contributed by atoms with Crippen molar-refractivity contribution in [2.75, 3.05) is 6.26 Å². The maximum absolute atomic E-state index is 10.0. The van der Waals surface area contributed by atoms with E-state index in [1.165, 1.54) is 0 Å². The van der Waals surface area contributed by atoms with E-state index < -0.39 is 0 Å². The molecule has 13 heavy (non-hydrogen) atoms. The third kappa shape index (κ3) is 2.96. The van der Waals surface area contributed by atoms with Crippen LogP contribution in [0.15, 0.2) is 29.2 Å². The second kappa shape index (κ2) is 5.45. The van der Waals surface area contributed by atoms with Gasteiger partial charge in [0.2, 0.25) is 0 Å². The predicted octanol–water partition coefficient (Wildman–Crippen LogP) is 2.35. The smallest absolute Gasteiger partial charge is 0.131 e. The molecule has 0 radical (unpaired) electrons. The highest BCUT2D eigenvalue weighted by molar-refractivity contribution is 7.98. The van der Waals surface area contributed by atoms with Crippen molar-refractivity contribution in [3.63, 3.8) is 0 Å². The number of aldehydes is 1. The van der Waals surface area contributed by atoms with Crippen LogP contribution < -0.4 is 0 Å². The van der Waals surface area contributed by atoms with Gasteiger partial charge in [-0.25, -0.2) is 0 Å². The molecule has 0 aromatic heterocycles. The summed E-state index contributed by atoms with van der Waals surface area (Å²) in [6.07, 6.45) is 3.14. The highest BCUT2D eigenvalue weighted by atomic mass is 32.2. The van der Waals surface area contributed by atoms with Crippen molar-refractivity contribution in [2.24, 2.45) is 0 Å². The van der Waals surface area contributed by atoms with Gasteiger partial charge < -0.3 is 4.79 Å². The SMILES string of the molecule is CSc1ccccc1C#CCC=O. The van der Waals surface area contributed by atoms with Crippen LogP contribution in [0.25, 0.3) is 0 Å². The van der Waals surface area contributed by atoms with Gasteiger partial charge in [-0.1, -0.05) is 24.0 Å². The number of carbonyl (C=O) groups is 1. The van der Waals surface area contributed by atoms with Crippen molar-refractivity contribution in [1.82, 2.24) is 0 Å². The Labute approximate surface area is 82.5 Å². The largest absolute Gasteiger partial charge is 0.302 e. The summed E-state index contributed by atoms with van der Waals surface area (Å²) in [5.74, 6) is 5.76. The number of rotatable bonds is 2. The van der Waals surface area contributed by atoms with Crippen LogP contribution in [0, 0.1) is 11.8 Å². The third-order valence-corrected chi connectivity index (χ3v) is 2.31. The van der Waals surface area contributed by atoms with Gasteiger partial charge in [0.1, 0.15) is 6.29 Å². The van der Waals surface area contributed by atoms with E-state index in [-0.39, 0.29) is 0 Å². The Morgan fingerprint density at radius 3 is 2.92 bits per heavy atom. The molecule has 1 aromatic rings. The van der Waals surface area contributed by atoms with Crippen molar-refractivity contribution in [3.8, 4) is 11.8 Å². The molecule has 0 aliphatic heterocycles. The molecule has 0 aliphatic rings. The summed E-state index contributed by atoms with van der Waals surface area (Å²) in [5, 5.41) is 0. The van der Waals surface area contributed by atoms with E-state index in [1.807, 2.05) is 30.5 Å². The molecule has 0 amide bonds. The van der Waals surface area contributed by atoms with E-state index in [2.05, 4.69) is 11.8 Å². The van der Waals surface area contributed by atoms with Gasteiger partial charge in [0.05, 0.1) is 6.42 Å². The van der Waals surface area contributed by atoms with Crippen molar-refractivity contribution in [2.45, 2.75) is 11.3 Å². The van der Waals surface area contributed by atoms with Crippen LogP contribution in [0.2, 0.25) is 0 Å². The minimum absolute atomic E-state index is 0.308. The standard InChI is InChI=1S/C11H10OS/c1-13-11-8-3-2-6-10(11)7-4-5-9-12/h2-3,6,8-9H,5H2,1H3. The molecule has 66 valence electrons.